The van der Waals surface area contributed by atoms with E-state index in [9.17, 15) is 9.00 Å². The van der Waals surface area contributed by atoms with Crippen molar-refractivity contribution < 1.29 is 13.4 Å². The average Bonchev–Trinajstić information content (AvgIpc) is 3.32. The summed E-state index contributed by atoms with van der Waals surface area (Å²) in [4.78, 5) is 13.0. The number of hydrogen-bond acceptors (Lipinski definition) is 4. The Bertz CT molecular complexity index is 1100. The van der Waals surface area contributed by atoms with Crippen molar-refractivity contribution in [3.63, 3.8) is 0 Å². The summed E-state index contributed by atoms with van der Waals surface area (Å²) in [6.45, 7) is 1.91. The van der Waals surface area contributed by atoms with Crippen LogP contribution in [0.25, 0.3) is 10.9 Å². The average molecular weight is 365 g/mol. The lowest BCUT2D eigenvalue weighted by molar-refractivity contribution is 0.0997. The van der Waals surface area contributed by atoms with Crippen molar-refractivity contribution in [1.29, 1.82) is 0 Å². The molecule has 0 aliphatic heterocycles. The van der Waals surface area contributed by atoms with E-state index >= 15 is 0 Å². The predicted octanol–water partition coefficient (Wildman–Crippen LogP) is 3.76. The van der Waals surface area contributed by atoms with Crippen molar-refractivity contribution in [3.8, 4) is 0 Å². The number of hydrogen-bond donors (Lipinski definition) is 1. The van der Waals surface area contributed by atoms with Crippen LogP contribution in [-0.2, 0) is 11.0 Å². The van der Waals surface area contributed by atoms with Gasteiger partial charge in [0.25, 0.3) is 5.91 Å². The van der Waals surface area contributed by atoms with Crippen LogP contribution < -0.4 is 5.32 Å². The third-order valence-electron chi connectivity index (χ3n) is 3.90. The van der Waals surface area contributed by atoms with E-state index < -0.39 is 11.0 Å². The van der Waals surface area contributed by atoms with Crippen LogP contribution in [0.15, 0.2) is 76.4 Å². The molecule has 6 nitrogen and oxygen atoms in total. The smallest absolute Gasteiger partial charge is 0.291 e. The zero-order chi connectivity index (χ0) is 18.1. The van der Waals surface area contributed by atoms with Gasteiger partial charge >= 0.3 is 0 Å². The van der Waals surface area contributed by atoms with Gasteiger partial charge < -0.3 is 9.73 Å². The number of carbonyl (C=O) groups excluding carboxylic acids is 1. The highest BCUT2D eigenvalue weighted by Crippen LogP contribution is 2.27. The maximum Gasteiger partial charge on any atom is 0.291 e. The third-order valence-corrected chi connectivity index (χ3v) is 5.18. The predicted molar refractivity (Wildman–Crippen MR) is 99.4 cm³/mol. The van der Waals surface area contributed by atoms with Crippen molar-refractivity contribution in [2.45, 2.75) is 11.8 Å². The fraction of sp³-hybridized carbons (Fsp3) is 0.0526. The summed E-state index contributed by atoms with van der Waals surface area (Å²) >= 11 is 0. The maximum atomic E-state index is 12.9. The van der Waals surface area contributed by atoms with E-state index in [4.69, 9.17) is 4.42 Å². The first-order valence-electron chi connectivity index (χ1n) is 7.94. The van der Waals surface area contributed by atoms with Crippen LogP contribution in [0.4, 0.5) is 5.69 Å². The van der Waals surface area contributed by atoms with Crippen LogP contribution in [-0.4, -0.2) is 19.3 Å². The van der Waals surface area contributed by atoms with Crippen molar-refractivity contribution in [2.24, 2.45) is 0 Å². The van der Waals surface area contributed by atoms with Gasteiger partial charge in [-0.3, -0.25) is 4.79 Å². The van der Waals surface area contributed by atoms with E-state index in [-0.39, 0.29) is 11.7 Å². The molecular weight excluding hydrogens is 350 g/mol. The standard InChI is InChI=1S/C19H15N3O3S/c1-13-10-16(21-19(23)18-8-5-9-25-18)15-12-20-22(17(15)11-13)26(24)14-6-3-2-4-7-14/h2-12H,1H3,(H,21,23). The zero-order valence-electron chi connectivity index (χ0n) is 13.9. The Balaban J connectivity index is 1.76. The monoisotopic (exact) mass is 365 g/mol. The Morgan fingerprint density at radius 2 is 1.96 bits per heavy atom. The number of furan rings is 1. The van der Waals surface area contributed by atoms with Gasteiger partial charge in [-0.25, -0.2) is 4.21 Å². The van der Waals surface area contributed by atoms with E-state index in [1.54, 1.807) is 30.5 Å². The molecule has 4 aromatic rings. The van der Waals surface area contributed by atoms with Crippen molar-refractivity contribution >= 4 is 33.5 Å². The van der Waals surface area contributed by atoms with Crippen LogP contribution in [0.1, 0.15) is 16.1 Å². The highest BCUT2D eigenvalue weighted by atomic mass is 32.2. The van der Waals surface area contributed by atoms with Crippen LogP contribution in [0.3, 0.4) is 0 Å². The third kappa shape index (κ3) is 2.93. The molecule has 4 rings (SSSR count). The fourth-order valence-electron chi connectivity index (χ4n) is 2.71. The molecule has 7 heteroatoms. The molecule has 2 heterocycles. The van der Waals surface area contributed by atoms with Crippen molar-refractivity contribution in [3.05, 3.63) is 78.4 Å². The van der Waals surface area contributed by atoms with Crippen molar-refractivity contribution in [1.82, 2.24) is 9.19 Å². The van der Waals surface area contributed by atoms with E-state index in [1.807, 2.05) is 37.3 Å². The van der Waals surface area contributed by atoms with E-state index in [1.165, 1.54) is 10.4 Å². The molecule has 0 saturated carbocycles. The minimum Gasteiger partial charge on any atom is -0.459 e. The molecule has 2 aromatic heterocycles. The minimum atomic E-state index is -1.47. The SMILES string of the molecule is Cc1cc(NC(=O)c2ccco2)c2cnn(S(=O)c3ccccc3)c2c1. The number of amides is 1. The lowest BCUT2D eigenvalue weighted by Gasteiger charge is -2.08. The minimum absolute atomic E-state index is 0.222. The molecule has 0 spiro atoms. The lowest BCUT2D eigenvalue weighted by Crippen LogP contribution is -2.11. The summed E-state index contributed by atoms with van der Waals surface area (Å²) in [6, 6.07) is 16.1. The number of nitrogens with one attached hydrogen (secondary N) is 1. The Morgan fingerprint density at radius 3 is 2.69 bits per heavy atom. The van der Waals surface area contributed by atoms with Gasteiger partial charge in [0.05, 0.1) is 28.6 Å². The molecule has 26 heavy (non-hydrogen) atoms. The van der Waals surface area contributed by atoms with Crippen LogP contribution in [0.5, 0.6) is 0 Å². The number of benzene rings is 2. The van der Waals surface area contributed by atoms with Gasteiger partial charge in [-0.1, -0.05) is 18.2 Å². The molecule has 1 unspecified atom stereocenters. The van der Waals surface area contributed by atoms with E-state index in [0.717, 1.165) is 5.56 Å². The molecule has 2 aromatic carbocycles. The molecule has 0 bridgehead atoms. The van der Waals surface area contributed by atoms with Gasteiger partial charge in [-0.2, -0.15) is 9.19 Å². The quantitative estimate of drug-likeness (QED) is 0.597. The van der Waals surface area contributed by atoms with Gasteiger partial charge in [-0.15, -0.1) is 0 Å². The van der Waals surface area contributed by atoms with Gasteiger partial charge in [-0.05, 0) is 48.9 Å². The summed E-state index contributed by atoms with van der Waals surface area (Å²) in [5.74, 6) is -0.126. The number of aryl methyl sites for hydroxylation is 1. The molecule has 0 radical (unpaired) electrons. The normalized spacial score (nSPS) is 12.2. The summed E-state index contributed by atoms with van der Waals surface area (Å²) in [5.41, 5.74) is 2.19. The zero-order valence-corrected chi connectivity index (χ0v) is 14.7. The van der Waals surface area contributed by atoms with E-state index in [2.05, 4.69) is 10.4 Å². The fourth-order valence-corrected chi connectivity index (χ4v) is 3.76. The number of aromatic nitrogens is 2. The summed E-state index contributed by atoms with van der Waals surface area (Å²) < 4.78 is 19.5. The Morgan fingerprint density at radius 1 is 1.15 bits per heavy atom. The number of nitrogens with zero attached hydrogens (tertiary/aromatic N) is 2. The molecular formula is C19H15N3O3S. The molecule has 0 fully saturated rings. The Kier molecular flexibility index (Phi) is 4.14. The maximum absolute atomic E-state index is 12.9. The van der Waals surface area contributed by atoms with Gasteiger partial charge in [0.1, 0.15) is 0 Å². The first-order valence-corrected chi connectivity index (χ1v) is 9.05. The molecule has 1 amide bonds. The molecule has 0 saturated heterocycles. The molecule has 0 aliphatic carbocycles. The second-order valence-electron chi connectivity index (χ2n) is 5.76. The van der Waals surface area contributed by atoms with Crippen molar-refractivity contribution in [2.75, 3.05) is 5.32 Å². The topological polar surface area (TPSA) is 77.1 Å². The van der Waals surface area contributed by atoms with Crippen LogP contribution >= 0.6 is 0 Å². The second-order valence-corrected chi connectivity index (χ2v) is 7.07. The highest BCUT2D eigenvalue weighted by molar-refractivity contribution is 7.83. The number of carbonyl (C=O) groups is 1. The van der Waals surface area contributed by atoms with Crippen LogP contribution in [0, 0.1) is 6.92 Å². The molecule has 1 atom stereocenters. The second kappa shape index (κ2) is 6.61. The number of anilines is 1. The summed E-state index contributed by atoms with van der Waals surface area (Å²) in [6.07, 6.45) is 3.05. The first kappa shape index (κ1) is 16.3. The lowest BCUT2D eigenvalue weighted by atomic mass is 10.1. The van der Waals surface area contributed by atoms with Gasteiger partial charge in [0.15, 0.2) is 16.7 Å². The Hall–Kier alpha value is -3.19. The first-order chi connectivity index (χ1) is 12.6. The van der Waals surface area contributed by atoms with Gasteiger partial charge in [0.2, 0.25) is 0 Å². The Labute approximate surface area is 152 Å². The van der Waals surface area contributed by atoms with E-state index in [0.29, 0.717) is 21.5 Å². The largest absolute Gasteiger partial charge is 0.459 e. The highest BCUT2D eigenvalue weighted by Gasteiger charge is 2.16. The summed E-state index contributed by atoms with van der Waals surface area (Å²) in [5, 5.41) is 7.83. The molecule has 1 N–H and O–H groups in total. The number of fused-ring (bicyclic) bond motifs is 1. The number of rotatable bonds is 4. The summed E-state index contributed by atoms with van der Waals surface area (Å²) in [7, 11) is -1.47. The molecule has 0 aliphatic rings. The molecule has 130 valence electrons. The van der Waals surface area contributed by atoms with Gasteiger partial charge in [0, 0.05) is 5.39 Å². The van der Waals surface area contributed by atoms with Crippen LogP contribution in [0.2, 0.25) is 0 Å².